The Bertz CT molecular complexity index is 333. The molecule has 0 bridgehead atoms. The molecule has 0 fully saturated rings. The van der Waals surface area contributed by atoms with Crippen molar-refractivity contribution in [1.82, 2.24) is 0 Å². The summed E-state index contributed by atoms with van der Waals surface area (Å²) in [6, 6.07) is 0. The second-order valence-corrected chi connectivity index (χ2v) is 5.53. The van der Waals surface area contributed by atoms with Crippen molar-refractivity contribution in [2.75, 3.05) is 0 Å². The molecule has 0 aliphatic carbocycles. The quantitative estimate of drug-likeness (QED) is 0.370. The van der Waals surface area contributed by atoms with Crippen LogP contribution in [-0.4, -0.2) is 47.0 Å². The van der Waals surface area contributed by atoms with E-state index >= 15 is 0 Å². The third-order valence-electron chi connectivity index (χ3n) is 1.33. The molecule has 2 N–H and O–H groups in total. The maximum atomic E-state index is 10.1. The van der Waals surface area contributed by atoms with Crippen LogP contribution in [0, 0.1) is 0 Å². The maximum absolute atomic E-state index is 10.1. The standard InChI is InChI=1S/C4H10O8S2.Na/c5-3(13(7,8)9)1-2-4(6)14(10,11)12;/h3-6H,1-2H2,(H,7,8,9)(H,10,11,12);/q;+1/p-2. The zero-order chi connectivity index (χ0) is 11.6. The minimum absolute atomic E-state index is 0. The normalized spacial score (nSPS) is 16.5. The SMILES string of the molecule is O=S(=O)([O-])C(O)CCC(O)S(=O)(=O)[O-].[Na+]. The van der Waals surface area contributed by atoms with Gasteiger partial charge in [-0.2, -0.15) is 0 Å². The van der Waals surface area contributed by atoms with E-state index in [2.05, 4.69) is 0 Å². The van der Waals surface area contributed by atoms with E-state index in [0.29, 0.717) is 0 Å². The fourth-order valence-corrected chi connectivity index (χ4v) is 1.42. The Morgan fingerprint density at radius 2 is 1.07 bits per heavy atom. The van der Waals surface area contributed by atoms with Crippen molar-refractivity contribution in [2.24, 2.45) is 0 Å². The third-order valence-corrected chi connectivity index (χ3v) is 3.13. The molecule has 2 atom stereocenters. The van der Waals surface area contributed by atoms with E-state index in [0.717, 1.165) is 0 Å². The average molecular weight is 271 g/mol. The molecule has 86 valence electrons. The van der Waals surface area contributed by atoms with Crippen LogP contribution in [0.2, 0.25) is 0 Å². The van der Waals surface area contributed by atoms with Gasteiger partial charge in [0.15, 0.2) is 0 Å². The molecule has 0 aliphatic rings. The molecule has 0 heterocycles. The molecule has 0 saturated heterocycles. The first kappa shape index (κ1) is 18.1. The minimum atomic E-state index is -4.95. The predicted octanol–water partition coefficient (Wildman–Crippen LogP) is -5.50. The van der Waals surface area contributed by atoms with Crippen molar-refractivity contribution >= 4 is 20.2 Å². The Morgan fingerprint density at radius 1 is 0.867 bits per heavy atom. The molecule has 0 aromatic heterocycles. The van der Waals surface area contributed by atoms with Crippen LogP contribution in [0.3, 0.4) is 0 Å². The molecule has 11 heteroatoms. The summed E-state index contributed by atoms with van der Waals surface area (Å²) in [5.41, 5.74) is -4.64. The van der Waals surface area contributed by atoms with Gasteiger partial charge in [-0.05, 0) is 12.8 Å². The van der Waals surface area contributed by atoms with Crippen molar-refractivity contribution in [3.8, 4) is 0 Å². The maximum Gasteiger partial charge on any atom is 1.00 e. The van der Waals surface area contributed by atoms with E-state index in [1.807, 2.05) is 0 Å². The predicted molar refractivity (Wildman–Crippen MR) is 40.6 cm³/mol. The second-order valence-electron chi connectivity index (χ2n) is 2.47. The largest absolute Gasteiger partial charge is 1.00 e. The Kier molecular flexibility index (Phi) is 7.81. The van der Waals surface area contributed by atoms with Gasteiger partial charge >= 0.3 is 29.6 Å². The molecule has 0 radical (unpaired) electrons. The first-order valence-corrected chi connectivity index (χ1v) is 6.25. The Labute approximate surface area is 109 Å². The van der Waals surface area contributed by atoms with Crippen LogP contribution < -0.4 is 29.6 Å². The van der Waals surface area contributed by atoms with Gasteiger partial charge in [-0.25, -0.2) is 16.8 Å². The smallest absolute Gasteiger partial charge is 0.746 e. The van der Waals surface area contributed by atoms with E-state index in [4.69, 9.17) is 10.2 Å². The Morgan fingerprint density at radius 3 is 1.20 bits per heavy atom. The average Bonchev–Trinajstić information content (AvgIpc) is 1.95. The van der Waals surface area contributed by atoms with E-state index in [1.165, 1.54) is 0 Å². The van der Waals surface area contributed by atoms with Crippen LogP contribution in [0.1, 0.15) is 12.8 Å². The van der Waals surface area contributed by atoms with Crippen molar-refractivity contribution < 1.29 is 65.7 Å². The summed E-state index contributed by atoms with van der Waals surface area (Å²) in [7, 11) is -9.89. The molecule has 8 nitrogen and oxygen atoms in total. The number of aliphatic hydroxyl groups excluding tert-OH is 2. The van der Waals surface area contributed by atoms with Crippen molar-refractivity contribution in [3.63, 3.8) is 0 Å². The van der Waals surface area contributed by atoms with Gasteiger partial charge in [-0.15, -0.1) is 0 Å². The van der Waals surface area contributed by atoms with Gasteiger partial charge in [0.05, 0.1) is 0 Å². The molecule has 0 aliphatic heterocycles. The molecule has 0 saturated carbocycles. The summed E-state index contributed by atoms with van der Waals surface area (Å²) in [5, 5.41) is 17.2. The molecular weight excluding hydrogens is 263 g/mol. The van der Waals surface area contributed by atoms with E-state index in [-0.39, 0.29) is 29.6 Å². The van der Waals surface area contributed by atoms with Gasteiger partial charge in [-0.3, -0.25) is 0 Å². The van der Waals surface area contributed by atoms with Gasteiger partial charge in [0.25, 0.3) is 0 Å². The fourth-order valence-electron chi connectivity index (χ4n) is 0.574. The molecule has 0 spiro atoms. The van der Waals surface area contributed by atoms with Gasteiger partial charge in [-0.1, -0.05) is 0 Å². The zero-order valence-corrected chi connectivity index (χ0v) is 11.4. The van der Waals surface area contributed by atoms with Crippen LogP contribution in [0.5, 0.6) is 0 Å². The van der Waals surface area contributed by atoms with Crippen molar-refractivity contribution in [3.05, 3.63) is 0 Å². The molecule has 0 aromatic carbocycles. The molecule has 15 heavy (non-hydrogen) atoms. The Hall–Kier alpha value is 0.740. The van der Waals surface area contributed by atoms with Crippen LogP contribution in [0.4, 0.5) is 0 Å². The van der Waals surface area contributed by atoms with Gasteiger partial charge in [0.1, 0.15) is 31.1 Å². The summed E-state index contributed by atoms with van der Waals surface area (Å²) in [6.45, 7) is 0. The van der Waals surface area contributed by atoms with Gasteiger partial charge in [0.2, 0.25) is 0 Å². The minimum Gasteiger partial charge on any atom is -0.746 e. The van der Waals surface area contributed by atoms with Gasteiger partial charge in [0, 0.05) is 0 Å². The fraction of sp³-hybridized carbons (Fsp3) is 1.00. The number of hydrogen-bond donors (Lipinski definition) is 2. The Balaban J connectivity index is 0. The zero-order valence-electron chi connectivity index (χ0n) is 7.73. The van der Waals surface area contributed by atoms with E-state index < -0.39 is 43.9 Å². The molecule has 0 amide bonds. The van der Waals surface area contributed by atoms with Crippen LogP contribution in [-0.2, 0) is 20.2 Å². The number of aliphatic hydroxyl groups is 2. The second kappa shape index (κ2) is 6.47. The molecule has 2 unspecified atom stereocenters. The van der Waals surface area contributed by atoms with Crippen molar-refractivity contribution in [2.45, 2.75) is 23.7 Å². The van der Waals surface area contributed by atoms with E-state index in [1.54, 1.807) is 0 Å². The van der Waals surface area contributed by atoms with E-state index in [9.17, 15) is 25.9 Å². The topological polar surface area (TPSA) is 155 Å². The number of hydrogen-bond acceptors (Lipinski definition) is 8. The summed E-state index contributed by atoms with van der Waals surface area (Å²) in [5.74, 6) is 0. The first-order valence-electron chi connectivity index (χ1n) is 3.30. The van der Waals surface area contributed by atoms with Crippen LogP contribution >= 0.6 is 0 Å². The molecular formula is C4H8NaO8S2-. The molecule has 0 aromatic rings. The van der Waals surface area contributed by atoms with Crippen molar-refractivity contribution in [1.29, 1.82) is 0 Å². The summed E-state index contributed by atoms with van der Waals surface area (Å²) in [4.78, 5) is 0. The first-order chi connectivity index (χ1) is 6.05. The number of rotatable bonds is 5. The summed E-state index contributed by atoms with van der Waals surface area (Å²) < 4.78 is 60.5. The monoisotopic (exact) mass is 271 g/mol. The van der Waals surface area contributed by atoms with Gasteiger partial charge < -0.3 is 19.3 Å². The van der Waals surface area contributed by atoms with Crippen LogP contribution in [0.25, 0.3) is 0 Å². The summed E-state index contributed by atoms with van der Waals surface area (Å²) >= 11 is 0. The molecule has 0 rings (SSSR count). The van der Waals surface area contributed by atoms with Crippen LogP contribution in [0.15, 0.2) is 0 Å². The summed E-state index contributed by atoms with van der Waals surface area (Å²) in [6.07, 6.45) is -1.62. The third kappa shape index (κ3) is 7.60.